The Hall–Kier alpha value is -2.44. The Bertz CT molecular complexity index is 1250. The largest absolute Gasteiger partial charge is 0.469 e. The summed E-state index contributed by atoms with van der Waals surface area (Å²) in [5.74, 6) is 0. The first kappa shape index (κ1) is 23.2. The number of aryl methyl sites for hydroxylation is 2. The van der Waals surface area contributed by atoms with E-state index in [-0.39, 0.29) is 17.9 Å². The van der Waals surface area contributed by atoms with E-state index < -0.39 is 43.9 Å². The van der Waals surface area contributed by atoms with Crippen LogP contribution < -0.4 is 11.1 Å². The van der Waals surface area contributed by atoms with Crippen molar-refractivity contribution in [3.8, 4) is 11.4 Å². The molecule has 12 nitrogen and oxygen atoms in total. The van der Waals surface area contributed by atoms with Crippen molar-refractivity contribution in [2.45, 2.75) is 38.7 Å². The Balaban J connectivity index is 2.06. The van der Waals surface area contributed by atoms with Gasteiger partial charge in [0, 0.05) is 6.07 Å². The number of phosphoric acid groups is 1. The predicted octanol–water partition coefficient (Wildman–Crippen LogP) is -1.00. The molecular weight excluding hydrogens is 433 g/mol. The average Bonchev–Trinajstić information content (AvgIpc) is 2.67. The number of fused-ring (bicyclic) bond motifs is 2. The molecule has 0 aromatic heterocycles. The second kappa shape index (κ2) is 8.60. The molecule has 31 heavy (non-hydrogen) atoms. The smallest absolute Gasteiger partial charge is 0.388 e. The maximum Gasteiger partial charge on any atom is 0.469 e. The molecule has 1 aromatic carbocycles. The molecule has 0 saturated heterocycles. The molecule has 2 aliphatic rings. The molecule has 2 aliphatic heterocycles. The summed E-state index contributed by atoms with van der Waals surface area (Å²) in [5, 5.41) is 30.6. The van der Waals surface area contributed by atoms with Gasteiger partial charge < -0.3 is 29.7 Å². The van der Waals surface area contributed by atoms with Gasteiger partial charge in [-0.1, -0.05) is 0 Å². The number of hydrogen-bond acceptors (Lipinski definition) is 8. The SMILES string of the molecule is Cc1cc2nc3c(=O)[nH]c(=O)cc-3n(C[C@H](O)[C@H](O)[C@H](O)COP(=O)(O)O)c2cc1C. The van der Waals surface area contributed by atoms with E-state index in [4.69, 9.17) is 9.79 Å². The van der Waals surface area contributed by atoms with Gasteiger partial charge >= 0.3 is 7.82 Å². The van der Waals surface area contributed by atoms with Crippen LogP contribution in [0.2, 0.25) is 0 Å². The van der Waals surface area contributed by atoms with Crippen molar-refractivity contribution in [3.05, 3.63) is 50.0 Å². The van der Waals surface area contributed by atoms with Gasteiger partial charge in [0.25, 0.3) is 11.1 Å². The van der Waals surface area contributed by atoms with Crippen LogP contribution in [-0.4, -0.2) is 64.6 Å². The lowest BCUT2D eigenvalue weighted by atomic mass is 10.1. The summed E-state index contributed by atoms with van der Waals surface area (Å²) >= 11 is 0. The summed E-state index contributed by atoms with van der Waals surface area (Å²) in [4.78, 5) is 48.0. The number of aromatic nitrogens is 3. The zero-order valence-electron chi connectivity index (χ0n) is 16.6. The van der Waals surface area contributed by atoms with Crippen LogP contribution in [0.15, 0.2) is 27.8 Å². The van der Waals surface area contributed by atoms with Crippen molar-refractivity contribution < 1.29 is 34.2 Å². The monoisotopic (exact) mass is 455 g/mol. The van der Waals surface area contributed by atoms with E-state index in [1.165, 1.54) is 4.57 Å². The average molecular weight is 455 g/mol. The molecule has 0 aliphatic carbocycles. The van der Waals surface area contributed by atoms with Crippen LogP contribution >= 0.6 is 7.82 Å². The second-order valence-corrected chi connectivity index (χ2v) is 8.50. The molecule has 6 N–H and O–H groups in total. The normalized spacial score (nSPS) is 15.3. The van der Waals surface area contributed by atoms with Crippen molar-refractivity contribution >= 4 is 18.9 Å². The Labute approximate surface area is 175 Å². The quantitative estimate of drug-likeness (QED) is 0.190. The maximum atomic E-state index is 12.3. The van der Waals surface area contributed by atoms with Crippen molar-refractivity contribution in [2.75, 3.05) is 6.61 Å². The first-order chi connectivity index (χ1) is 14.4. The number of aromatic amines is 1. The highest BCUT2D eigenvalue weighted by Gasteiger charge is 2.29. The molecule has 0 radical (unpaired) electrons. The minimum atomic E-state index is -4.88. The topological polar surface area (TPSA) is 195 Å². The maximum absolute atomic E-state index is 12.3. The van der Waals surface area contributed by atoms with Gasteiger partial charge in [0.1, 0.15) is 18.3 Å². The van der Waals surface area contributed by atoms with Crippen molar-refractivity contribution in [1.29, 1.82) is 0 Å². The van der Waals surface area contributed by atoms with E-state index in [9.17, 15) is 29.5 Å². The van der Waals surface area contributed by atoms with E-state index in [1.54, 1.807) is 12.1 Å². The lowest BCUT2D eigenvalue weighted by Crippen LogP contribution is -2.42. The Kier molecular flexibility index (Phi) is 6.44. The number of H-pyrrole nitrogens is 1. The third-order valence-electron chi connectivity index (χ3n) is 4.94. The summed E-state index contributed by atoms with van der Waals surface area (Å²) in [6, 6.07) is 4.61. The predicted molar refractivity (Wildman–Crippen MR) is 109 cm³/mol. The molecule has 0 bridgehead atoms. The van der Waals surface area contributed by atoms with Crippen molar-refractivity contribution in [2.24, 2.45) is 0 Å². The highest BCUT2D eigenvalue weighted by molar-refractivity contribution is 7.46. The zero-order valence-corrected chi connectivity index (χ0v) is 17.5. The Morgan fingerprint density at radius 2 is 1.74 bits per heavy atom. The van der Waals surface area contributed by atoms with E-state index in [2.05, 4.69) is 14.5 Å². The standard InChI is InChI=1S/C18H22N3O9P/c1-8-3-10-11(4-9(8)2)21(12-5-15(24)20-18(26)16(12)19-10)6-13(22)17(25)14(23)7-30-31(27,28)29/h3-5,13-14,17,22-23,25H,6-7H2,1-2H3,(H,20,24,26)(H2,27,28,29)/t13-,14+,17-/m0/s1. The fourth-order valence-corrected chi connectivity index (χ4v) is 3.54. The number of nitrogens with one attached hydrogen (secondary N) is 1. The molecule has 0 fully saturated rings. The molecular formula is C18H22N3O9P. The summed E-state index contributed by atoms with van der Waals surface area (Å²) < 4.78 is 16.4. The van der Waals surface area contributed by atoms with Gasteiger partial charge in [-0.15, -0.1) is 0 Å². The second-order valence-electron chi connectivity index (χ2n) is 7.26. The van der Waals surface area contributed by atoms with Gasteiger partial charge in [0.2, 0.25) is 0 Å². The number of aliphatic hydroxyl groups is 3. The van der Waals surface area contributed by atoms with Crippen LogP contribution in [0.5, 0.6) is 0 Å². The third kappa shape index (κ3) is 5.08. The molecule has 3 rings (SSSR count). The van der Waals surface area contributed by atoms with Crippen LogP contribution in [0.4, 0.5) is 0 Å². The molecule has 13 heteroatoms. The lowest BCUT2D eigenvalue weighted by molar-refractivity contribution is -0.0792. The molecule has 0 amide bonds. The first-order valence-electron chi connectivity index (χ1n) is 9.16. The molecule has 2 heterocycles. The minimum absolute atomic E-state index is 0.0533. The minimum Gasteiger partial charge on any atom is -0.388 e. The van der Waals surface area contributed by atoms with Gasteiger partial charge in [-0.25, -0.2) is 9.55 Å². The highest BCUT2D eigenvalue weighted by atomic mass is 31.2. The molecule has 168 valence electrons. The van der Waals surface area contributed by atoms with Crippen molar-refractivity contribution in [1.82, 2.24) is 14.5 Å². The number of phosphoric ester groups is 1. The summed E-state index contributed by atoms with van der Waals surface area (Å²) in [7, 11) is -4.88. The fourth-order valence-electron chi connectivity index (χ4n) is 3.19. The summed E-state index contributed by atoms with van der Waals surface area (Å²) in [5.41, 5.74) is 1.30. The highest BCUT2D eigenvalue weighted by Crippen LogP contribution is 2.36. The van der Waals surface area contributed by atoms with Crippen molar-refractivity contribution in [3.63, 3.8) is 0 Å². The molecule has 0 saturated carbocycles. The number of benzene rings is 1. The number of hydrogen-bond donors (Lipinski definition) is 6. The lowest BCUT2D eigenvalue weighted by Gasteiger charge is -2.26. The zero-order chi connectivity index (χ0) is 23.1. The number of pyridine rings is 1. The van der Waals surface area contributed by atoms with Gasteiger partial charge in [-0.3, -0.25) is 19.1 Å². The van der Waals surface area contributed by atoms with Gasteiger partial charge in [0.05, 0.1) is 29.9 Å². The van der Waals surface area contributed by atoms with E-state index >= 15 is 0 Å². The van der Waals surface area contributed by atoms with Crippen LogP contribution in [0.1, 0.15) is 11.1 Å². The van der Waals surface area contributed by atoms with Gasteiger partial charge in [-0.2, -0.15) is 0 Å². The fraction of sp³-hybridized carbons (Fsp3) is 0.389. The van der Waals surface area contributed by atoms with Crippen LogP contribution in [0.25, 0.3) is 22.4 Å². The van der Waals surface area contributed by atoms with Gasteiger partial charge in [0.15, 0.2) is 5.69 Å². The van der Waals surface area contributed by atoms with E-state index in [0.717, 1.165) is 17.2 Å². The van der Waals surface area contributed by atoms with Gasteiger partial charge in [-0.05, 0) is 37.1 Å². The molecule has 0 unspecified atom stereocenters. The molecule has 3 atom stereocenters. The van der Waals surface area contributed by atoms with Crippen LogP contribution in [-0.2, 0) is 15.6 Å². The molecule has 1 aromatic rings. The Morgan fingerprint density at radius 3 is 2.39 bits per heavy atom. The van der Waals surface area contributed by atoms with Crippen LogP contribution in [0, 0.1) is 13.8 Å². The summed E-state index contributed by atoms with van der Waals surface area (Å²) in [6.07, 6.45) is -5.31. The summed E-state index contributed by atoms with van der Waals surface area (Å²) in [6.45, 7) is 2.41. The third-order valence-corrected chi connectivity index (χ3v) is 5.42. The number of rotatable bonds is 7. The van der Waals surface area contributed by atoms with E-state index in [1.807, 2.05) is 13.8 Å². The van der Waals surface area contributed by atoms with E-state index in [0.29, 0.717) is 11.0 Å². The van der Waals surface area contributed by atoms with Crippen LogP contribution in [0.3, 0.4) is 0 Å². The molecule has 0 spiro atoms. The first-order valence-corrected chi connectivity index (χ1v) is 10.7. The number of aliphatic hydroxyl groups excluding tert-OH is 3. The number of nitrogens with zero attached hydrogens (tertiary/aromatic N) is 2. The Morgan fingerprint density at radius 1 is 1.10 bits per heavy atom.